The summed E-state index contributed by atoms with van der Waals surface area (Å²) in [6.07, 6.45) is 7.03. The van der Waals surface area contributed by atoms with E-state index in [1.807, 2.05) is 19.2 Å². The van der Waals surface area contributed by atoms with Gasteiger partial charge in [0.25, 0.3) is 0 Å². The highest BCUT2D eigenvalue weighted by Crippen LogP contribution is 2.32. The van der Waals surface area contributed by atoms with Gasteiger partial charge in [-0.05, 0) is 31.5 Å². The predicted molar refractivity (Wildman–Crippen MR) is 82.6 cm³/mol. The van der Waals surface area contributed by atoms with E-state index in [0.29, 0.717) is 6.04 Å². The molecule has 18 heavy (non-hydrogen) atoms. The maximum Gasteiger partial charge on any atom is 0.0454 e. The SMILES string of the molecule is CNC(CSC1CCCCC1)c1ccccc1Cl. The fourth-order valence-corrected chi connectivity index (χ4v) is 4.30. The van der Waals surface area contributed by atoms with Crippen molar-refractivity contribution in [1.82, 2.24) is 5.32 Å². The minimum absolute atomic E-state index is 0.366. The quantitative estimate of drug-likeness (QED) is 0.843. The van der Waals surface area contributed by atoms with E-state index in [1.165, 1.54) is 37.7 Å². The summed E-state index contributed by atoms with van der Waals surface area (Å²) >= 11 is 8.38. The van der Waals surface area contributed by atoms with E-state index in [9.17, 15) is 0 Å². The van der Waals surface area contributed by atoms with Crippen molar-refractivity contribution in [1.29, 1.82) is 0 Å². The van der Waals surface area contributed by atoms with Gasteiger partial charge in [-0.3, -0.25) is 0 Å². The predicted octanol–water partition coefficient (Wildman–Crippen LogP) is 4.67. The van der Waals surface area contributed by atoms with Crippen LogP contribution in [-0.2, 0) is 0 Å². The molecule has 0 radical (unpaired) electrons. The van der Waals surface area contributed by atoms with Crippen molar-refractivity contribution < 1.29 is 0 Å². The topological polar surface area (TPSA) is 12.0 Å². The molecule has 0 aromatic heterocycles. The molecule has 1 unspecified atom stereocenters. The Kier molecular flexibility index (Phi) is 5.87. The highest BCUT2D eigenvalue weighted by atomic mass is 35.5. The summed E-state index contributed by atoms with van der Waals surface area (Å²) in [5, 5.41) is 5.13. The Labute approximate surface area is 120 Å². The smallest absolute Gasteiger partial charge is 0.0454 e. The van der Waals surface area contributed by atoms with Crippen LogP contribution in [0.5, 0.6) is 0 Å². The first-order chi connectivity index (χ1) is 8.81. The molecule has 0 saturated heterocycles. The number of nitrogens with one attached hydrogen (secondary N) is 1. The molecule has 1 N–H and O–H groups in total. The van der Waals surface area contributed by atoms with Gasteiger partial charge in [-0.25, -0.2) is 0 Å². The zero-order valence-electron chi connectivity index (χ0n) is 11.0. The maximum absolute atomic E-state index is 6.27. The van der Waals surface area contributed by atoms with Crippen molar-refractivity contribution in [3.05, 3.63) is 34.9 Å². The van der Waals surface area contributed by atoms with Crippen LogP contribution in [-0.4, -0.2) is 18.1 Å². The summed E-state index contributed by atoms with van der Waals surface area (Å²) in [5.74, 6) is 1.12. The van der Waals surface area contributed by atoms with Gasteiger partial charge < -0.3 is 5.32 Å². The highest BCUT2D eigenvalue weighted by molar-refractivity contribution is 7.99. The van der Waals surface area contributed by atoms with Crippen LogP contribution in [0.25, 0.3) is 0 Å². The second-order valence-electron chi connectivity index (χ2n) is 4.96. The molecule has 1 aromatic carbocycles. The van der Waals surface area contributed by atoms with Crippen molar-refractivity contribution in [3.63, 3.8) is 0 Å². The van der Waals surface area contributed by atoms with E-state index in [1.54, 1.807) is 0 Å². The normalized spacial score (nSPS) is 18.8. The third-order valence-electron chi connectivity index (χ3n) is 3.68. The Morgan fingerprint density at radius 1 is 1.28 bits per heavy atom. The Hall–Kier alpha value is -0.180. The lowest BCUT2D eigenvalue weighted by atomic mass is 10.0. The lowest BCUT2D eigenvalue weighted by molar-refractivity contribution is 0.515. The number of hydrogen-bond donors (Lipinski definition) is 1. The number of benzene rings is 1. The third-order valence-corrected chi connectivity index (χ3v) is 5.49. The fourth-order valence-electron chi connectivity index (χ4n) is 2.55. The zero-order valence-corrected chi connectivity index (χ0v) is 12.6. The second kappa shape index (κ2) is 7.42. The van der Waals surface area contributed by atoms with Gasteiger partial charge in [-0.15, -0.1) is 0 Å². The Morgan fingerprint density at radius 2 is 2.00 bits per heavy atom. The molecule has 1 atom stereocenters. The highest BCUT2D eigenvalue weighted by Gasteiger charge is 2.18. The van der Waals surface area contributed by atoms with Gasteiger partial charge in [0, 0.05) is 22.1 Å². The summed E-state index contributed by atoms with van der Waals surface area (Å²) in [5.41, 5.74) is 1.23. The van der Waals surface area contributed by atoms with Crippen LogP contribution >= 0.6 is 23.4 Å². The van der Waals surface area contributed by atoms with Crippen LogP contribution < -0.4 is 5.32 Å². The van der Waals surface area contributed by atoms with Gasteiger partial charge in [0.05, 0.1) is 0 Å². The van der Waals surface area contributed by atoms with Gasteiger partial charge in [-0.2, -0.15) is 11.8 Å². The van der Waals surface area contributed by atoms with Gasteiger partial charge in [0.2, 0.25) is 0 Å². The molecule has 0 heterocycles. The first kappa shape index (κ1) is 14.2. The van der Waals surface area contributed by atoms with Gasteiger partial charge in [0.1, 0.15) is 0 Å². The van der Waals surface area contributed by atoms with Crippen molar-refractivity contribution in [2.75, 3.05) is 12.8 Å². The minimum atomic E-state index is 0.366. The van der Waals surface area contributed by atoms with E-state index in [4.69, 9.17) is 11.6 Å². The van der Waals surface area contributed by atoms with Crippen LogP contribution in [0, 0.1) is 0 Å². The van der Waals surface area contributed by atoms with Crippen molar-refractivity contribution in [2.45, 2.75) is 43.4 Å². The van der Waals surface area contributed by atoms with Crippen LogP contribution in [0.1, 0.15) is 43.7 Å². The molecule has 100 valence electrons. The third kappa shape index (κ3) is 3.91. The largest absolute Gasteiger partial charge is 0.312 e. The summed E-state index contributed by atoms with van der Waals surface area (Å²) in [4.78, 5) is 0. The molecular formula is C15H22ClNS. The van der Waals surface area contributed by atoms with Gasteiger partial charge in [0.15, 0.2) is 0 Å². The molecule has 1 aromatic rings. The average Bonchev–Trinajstić information content (AvgIpc) is 2.42. The lowest BCUT2D eigenvalue weighted by Crippen LogP contribution is -2.21. The molecule has 1 nitrogen and oxygen atoms in total. The number of halogens is 1. The van der Waals surface area contributed by atoms with E-state index in [0.717, 1.165) is 16.0 Å². The standard InChI is InChI=1S/C15H22ClNS/c1-17-15(13-9-5-6-10-14(13)16)11-18-12-7-3-2-4-8-12/h5-6,9-10,12,15,17H,2-4,7-8,11H2,1H3. The molecule has 3 heteroatoms. The molecule has 1 saturated carbocycles. The zero-order chi connectivity index (χ0) is 12.8. The monoisotopic (exact) mass is 283 g/mol. The summed E-state index contributed by atoms with van der Waals surface area (Å²) < 4.78 is 0. The van der Waals surface area contributed by atoms with E-state index < -0.39 is 0 Å². The van der Waals surface area contributed by atoms with Crippen LogP contribution in [0.15, 0.2) is 24.3 Å². The average molecular weight is 284 g/mol. The van der Waals surface area contributed by atoms with Gasteiger partial charge in [-0.1, -0.05) is 49.1 Å². The van der Waals surface area contributed by atoms with Crippen molar-refractivity contribution >= 4 is 23.4 Å². The number of rotatable bonds is 5. The molecule has 0 spiro atoms. The first-order valence-corrected chi connectivity index (χ1v) is 8.27. The van der Waals surface area contributed by atoms with Gasteiger partial charge >= 0.3 is 0 Å². The Morgan fingerprint density at radius 3 is 2.67 bits per heavy atom. The summed E-state index contributed by atoms with van der Waals surface area (Å²) in [6, 6.07) is 8.53. The van der Waals surface area contributed by atoms with E-state index in [-0.39, 0.29) is 0 Å². The molecule has 0 aliphatic heterocycles. The molecular weight excluding hydrogens is 262 g/mol. The van der Waals surface area contributed by atoms with Crippen molar-refractivity contribution in [3.8, 4) is 0 Å². The molecule has 0 amide bonds. The molecule has 2 rings (SSSR count). The van der Waals surface area contributed by atoms with Crippen LogP contribution in [0.2, 0.25) is 5.02 Å². The van der Waals surface area contributed by atoms with Crippen molar-refractivity contribution in [2.24, 2.45) is 0 Å². The van der Waals surface area contributed by atoms with E-state index in [2.05, 4.69) is 29.2 Å². The molecule has 1 fully saturated rings. The van der Waals surface area contributed by atoms with E-state index >= 15 is 0 Å². The molecule has 0 bridgehead atoms. The fraction of sp³-hybridized carbons (Fsp3) is 0.600. The summed E-state index contributed by atoms with van der Waals surface area (Å²) in [7, 11) is 2.02. The van der Waals surface area contributed by atoms with Crippen LogP contribution in [0.3, 0.4) is 0 Å². The number of thioether (sulfide) groups is 1. The van der Waals surface area contributed by atoms with Crippen LogP contribution in [0.4, 0.5) is 0 Å². The molecule has 1 aliphatic carbocycles. The Bertz CT molecular complexity index is 363. The molecule has 1 aliphatic rings. The lowest BCUT2D eigenvalue weighted by Gasteiger charge is -2.24. The first-order valence-electron chi connectivity index (χ1n) is 6.84. The summed E-state index contributed by atoms with van der Waals surface area (Å²) in [6.45, 7) is 0. The maximum atomic E-state index is 6.27. The second-order valence-corrected chi connectivity index (χ2v) is 6.70. The Balaban J connectivity index is 1.91. The number of hydrogen-bond acceptors (Lipinski definition) is 2. The minimum Gasteiger partial charge on any atom is -0.312 e.